The van der Waals surface area contributed by atoms with Crippen LogP contribution in [0.1, 0.15) is 29.5 Å². The summed E-state index contributed by atoms with van der Waals surface area (Å²) in [4.78, 5) is 24.7. The number of carbonyl (C=O) groups excluding carboxylic acids is 2. The number of benzene rings is 3. The molecule has 0 saturated carbocycles. The highest BCUT2D eigenvalue weighted by Crippen LogP contribution is 2.29. The molecule has 0 spiro atoms. The first-order chi connectivity index (χ1) is 17.5. The number of rotatable bonds is 11. The first-order valence-corrected chi connectivity index (χ1v) is 11.5. The Balaban J connectivity index is 1.55. The molecule has 1 amide bonds. The lowest BCUT2D eigenvalue weighted by molar-refractivity contribution is -0.134. The van der Waals surface area contributed by atoms with E-state index in [0.29, 0.717) is 30.9 Å². The minimum Gasteiger partial charge on any atom is -0.493 e. The molecule has 0 aliphatic heterocycles. The van der Waals surface area contributed by atoms with Gasteiger partial charge in [0.05, 0.1) is 13.7 Å². The van der Waals surface area contributed by atoms with E-state index in [0.717, 1.165) is 16.9 Å². The molecule has 3 aromatic rings. The number of nitrogens with one attached hydrogen (secondary N) is 1. The van der Waals surface area contributed by atoms with Crippen LogP contribution in [0.15, 0.2) is 78.4 Å². The summed E-state index contributed by atoms with van der Waals surface area (Å²) >= 11 is 0. The molecule has 0 fully saturated rings. The van der Waals surface area contributed by atoms with Crippen LogP contribution in [-0.4, -0.2) is 25.6 Å². The van der Waals surface area contributed by atoms with E-state index < -0.39 is 11.9 Å². The Bertz CT molecular complexity index is 1260. The summed E-state index contributed by atoms with van der Waals surface area (Å²) in [5, 5.41) is 12.2. The molecule has 3 aromatic carbocycles. The van der Waals surface area contributed by atoms with E-state index in [2.05, 4.69) is 5.32 Å². The third kappa shape index (κ3) is 7.74. The van der Waals surface area contributed by atoms with E-state index in [1.54, 1.807) is 18.2 Å². The summed E-state index contributed by atoms with van der Waals surface area (Å²) in [6.45, 7) is 2.67. The lowest BCUT2D eigenvalue weighted by Gasteiger charge is -2.11. The summed E-state index contributed by atoms with van der Waals surface area (Å²) in [6.07, 6.45) is 2.13. The minimum atomic E-state index is -0.483. The second-order valence-electron chi connectivity index (χ2n) is 7.94. The topological polar surface area (TPSA) is 97.6 Å². The predicted octanol–water partition coefficient (Wildman–Crippen LogP) is 4.99. The van der Waals surface area contributed by atoms with Gasteiger partial charge in [-0.15, -0.1) is 0 Å². The van der Waals surface area contributed by atoms with Crippen LogP contribution in [0.4, 0.5) is 0 Å². The monoisotopic (exact) mass is 484 g/mol. The molecule has 7 heteroatoms. The number of methoxy groups -OCH3 is 1. The number of hydrogen-bond acceptors (Lipinski definition) is 6. The molecular formula is C29H28N2O5. The maximum Gasteiger partial charge on any atom is 0.311 e. The van der Waals surface area contributed by atoms with E-state index in [1.807, 2.05) is 67.6 Å². The zero-order valence-electron chi connectivity index (χ0n) is 20.3. The SMILES string of the molecule is COc1cc(/C=C(\C#N)C(=O)NCc2ccccc2)ccc1OC(=O)CCCOc1ccccc1C. The van der Waals surface area contributed by atoms with Gasteiger partial charge < -0.3 is 19.5 Å². The number of hydrogen-bond donors (Lipinski definition) is 1. The van der Waals surface area contributed by atoms with Crippen molar-refractivity contribution in [3.05, 3.63) is 95.1 Å². The fourth-order valence-corrected chi connectivity index (χ4v) is 3.34. The van der Waals surface area contributed by atoms with Gasteiger partial charge in [0, 0.05) is 13.0 Å². The van der Waals surface area contributed by atoms with Crippen LogP contribution in [0, 0.1) is 18.3 Å². The van der Waals surface area contributed by atoms with Crippen molar-refractivity contribution < 1.29 is 23.8 Å². The Hall–Kier alpha value is -4.57. The highest BCUT2D eigenvalue weighted by atomic mass is 16.6. The van der Waals surface area contributed by atoms with Crippen molar-refractivity contribution in [1.82, 2.24) is 5.32 Å². The van der Waals surface area contributed by atoms with E-state index in [4.69, 9.17) is 14.2 Å². The van der Waals surface area contributed by atoms with Gasteiger partial charge in [0.25, 0.3) is 5.91 Å². The van der Waals surface area contributed by atoms with Gasteiger partial charge in [0.2, 0.25) is 0 Å². The average molecular weight is 485 g/mol. The van der Waals surface area contributed by atoms with Gasteiger partial charge in [-0.3, -0.25) is 9.59 Å². The summed E-state index contributed by atoms with van der Waals surface area (Å²) in [7, 11) is 1.45. The van der Waals surface area contributed by atoms with Crippen molar-refractivity contribution in [3.8, 4) is 23.3 Å². The number of ether oxygens (including phenoxy) is 3. The van der Waals surface area contributed by atoms with Crippen LogP contribution in [0.3, 0.4) is 0 Å². The Kier molecular flexibility index (Phi) is 9.66. The highest BCUT2D eigenvalue weighted by Gasteiger charge is 2.13. The molecule has 7 nitrogen and oxygen atoms in total. The van der Waals surface area contributed by atoms with Crippen LogP contribution in [0.2, 0.25) is 0 Å². The largest absolute Gasteiger partial charge is 0.493 e. The summed E-state index contributed by atoms with van der Waals surface area (Å²) in [6, 6.07) is 23.9. The first-order valence-electron chi connectivity index (χ1n) is 11.5. The maximum atomic E-state index is 12.4. The number of para-hydroxylation sites is 1. The highest BCUT2D eigenvalue weighted by molar-refractivity contribution is 6.01. The minimum absolute atomic E-state index is 0.0496. The van der Waals surface area contributed by atoms with Crippen molar-refractivity contribution in [2.24, 2.45) is 0 Å². The summed E-state index contributed by atoms with van der Waals surface area (Å²) in [5.74, 6) is 0.468. The summed E-state index contributed by atoms with van der Waals surface area (Å²) in [5.41, 5.74) is 2.47. The smallest absolute Gasteiger partial charge is 0.311 e. The molecular weight excluding hydrogens is 456 g/mol. The Labute approximate surface area is 210 Å². The molecule has 0 bridgehead atoms. The van der Waals surface area contributed by atoms with Crippen LogP contribution in [0.25, 0.3) is 6.08 Å². The average Bonchev–Trinajstić information content (AvgIpc) is 2.90. The molecule has 0 unspecified atom stereocenters. The first kappa shape index (κ1) is 26.0. The number of nitriles is 1. The van der Waals surface area contributed by atoms with Crippen molar-refractivity contribution >= 4 is 18.0 Å². The second kappa shape index (κ2) is 13.4. The van der Waals surface area contributed by atoms with Gasteiger partial charge in [0.1, 0.15) is 17.4 Å². The van der Waals surface area contributed by atoms with E-state index in [-0.39, 0.29) is 17.7 Å². The number of aryl methyl sites for hydroxylation is 1. The van der Waals surface area contributed by atoms with Crippen molar-refractivity contribution in [1.29, 1.82) is 5.26 Å². The van der Waals surface area contributed by atoms with Gasteiger partial charge in [-0.2, -0.15) is 5.26 Å². The van der Waals surface area contributed by atoms with Crippen molar-refractivity contribution in [2.45, 2.75) is 26.3 Å². The molecule has 0 saturated heterocycles. The van der Waals surface area contributed by atoms with Crippen LogP contribution >= 0.6 is 0 Å². The molecule has 0 aliphatic rings. The Morgan fingerprint density at radius 1 is 0.972 bits per heavy atom. The second-order valence-corrected chi connectivity index (χ2v) is 7.94. The van der Waals surface area contributed by atoms with Gasteiger partial charge in [-0.05, 0) is 54.3 Å². The molecule has 0 aromatic heterocycles. The number of esters is 1. The number of amides is 1. The van der Waals surface area contributed by atoms with Crippen LogP contribution < -0.4 is 19.5 Å². The molecule has 36 heavy (non-hydrogen) atoms. The summed E-state index contributed by atoms with van der Waals surface area (Å²) < 4.78 is 16.5. The van der Waals surface area contributed by atoms with Crippen molar-refractivity contribution in [3.63, 3.8) is 0 Å². The van der Waals surface area contributed by atoms with E-state index in [1.165, 1.54) is 13.2 Å². The van der Waals surface area contributed by atoms with Gasteiger partial charge >= 0.3 is 5.97 Å². The molecule has 0 atom stereocenters. The fraction of sp³-hybridized carbons (Fsp3) is 0.207. The molecule has 0 radical (unpaired) electrons. The van der Waals surface area contributed by atoms with Crippen LogP contribution in [0.5, 0.6) is 17.2 Å². The Morgan fingerprint density at radius 3 is 2.44 bits per heavy atom. The Morgan fingerprint density at radius 2 is 1.72 bits per heavy atom. The predicted molar refractivity (Wildman–Crippen MR) is 136 cm³/mol. The molecule has 184 valence electrons. The van der Waals surface area contributed by atoms with Gasteiger partial charge in [-0.1, -0.05) is 54.6 Å². The number of carbonyl (C=O) groups is 2. The third-order valence-electron chi connectivity index (χ3n) is 5.26. The molecule has 1 N–H and O–H groups in total. The molecule has 0 aliphatic carbocycles. The van der Waals surface area contributed by atoms with E-state index in [9.17, 15) is 14.9 Å². The molecule has 3 rings (SSSR count). The molecule has 0 heterocycles. The lowest BCUT2D eigenvalue weighted by Crippen LogP contribution is -2.23. The van der Waals surface area contributed by atoms with Gasteiger partial charge in [0.15, 0.2) is 11.5 Å². The van der Waals surface area contributed by atoms with Gasteiger partial charge in [-0.25, -0.2) is 0 Å². The number of nitrogens with zero attached hydrogens (tertiary/aromatic N) is 1. The zero-order chi connectivity index (χ0) is 25.8. The van der Waals surface area contributed by atoms with E-state index >= 15 is 0 Å². The van der Waals surface area contributed by atoms with Crippen molar-refractivity contribution in [2.75, 3.05) is 13.7 Å². The normalized spacial score (nSPS) is 10.8. The van der Waals surface area contributed by atoms with Crippen LogP contribution in [-0.2, 0) is 16.1 Å². The fourth-order valence-electron chi connectivity index (χ4n) is 3.34. The maximum absolute atomic E-state index is 12.4. The third-order valence-corrected chi connectivity index (χ3v) is 5.26. The lowest BCUT2D eigenvalue weighted by atomic mass is 10.1. The quantitative estimate of drug-likeness (QED) is 0.135. The standard InChI is InChI=1S/C29H28N2O5/c1-21-9-6-7-12-25(21)35-16-8-13-28(32)36-26-15-14-23(18-27(26)34-2)17-24(19-30)29(33)31-20-22-10-4-3-5-11-22/h3-7,9-12,14-15,17-18H,8,13,16,20H2,1-2H3,(H,31,33)/b24-17+. The zero-order valence-corrected chi connectivity index (χ0v) is 20.3.